The van der Waals surface area contributed by atoms with Gasteiger partial charge in [-0.25, -0.2) is 0 Å². The summed E-state index contributed by atoms with van der Waals surface area (Å²) in [6.07, 6.45) is 1.22. The standard InChI is InChI=1S/C6H12O.C5H11NO.CH4/c1-5(2)4-6(3)7;1-4(2)3-5(6)7;/h5H,4H2,1-3H3;4H,3H2,1-2H3,(H2,6,7);1H4. The van der Waals surface area contributed by atoms with E-state index in [1.165, 1.54) is 0 Å². The monoisotopic (exact) mass is 217 g/mol. The van der Waals surface area contributed by atoms with Crippen molar-refractivity contribution in [1.82, 2.24) is 0 Å². The summed E-state index contributed by atoms with van der Waals surface area (Å²) in [5.74, 6) is 1.00. The third-order valence-electron chi connectivity index (χ3n) is 1.31. The van der Waals surface area contributed by atoms with E-state index in [0.717, 1.165) is 6.42 Å². The van der Waals surface area contributed by atoms with E-state index in [-0.39, 0.29) is 19.1 Å². The average molecular weight is 217 g/mol. The largest absolute Gasteiger partial charge is 0.370 e. The van der Waals surface area contributed by atoms with Gasteiger partial charge in [0.05, 0.1) is 0 Å². The van der Waals surface area contributed by atoms with Gasteiger partial charge in [0.15, 0.2) is 0 Å². The normalized spacial score (nSPS) is 9.00. The third-order valence-corrected chi connectivity index (χ3v) is 1.31. The maximum Gasteiger partial charge on any atom is 0.217 e. The van der Waals surface area contributed by atoms with Crippen molar-refractivity contribution >= 4 is 11.7 Å². The molecule has 92 valence electrons. The Labute approximate surface area is 94.4 Å². The zero-order valence-corrected chi connectivity index (χ0v) is 9.96. The molecule has 15 heavy (non-hydrogen) atoms. The Morgan fingerprint density at radius 1 is 1.00 bits per heavy atom. The van der Waals surface area contributed by atoms with E-state index in [1.54, 1.807) is 6.92 Å². The minimum atomic E-state index is -0.213. The molecule has 0 aromatic heterocycles. The molecular weight excluding hydrogens is 190 g/mol. The van der Waals surface area contributed by atoms with Crippen LogP contribution < -0.4 is 5.73 Å². The second-order valence-electron chi connectivity index (χ2n) is 4.36. The number of hydrogen-bond acceptors (Lipinski definition) is 2. The molecule has 0 spiro atoms. The van der Waals surface area contributed by atoms with Crippen LogP contribution in [0, 0.1) is 11.8 Å². The molecule has 0 rings (SSSR count). The van der Waals surface area contributed by atoms with Gasteiger partial charge in [-0.2, -0.15) is 0 Å². The highest BCUT2D eigenvalue weighted by atomic mass is 16.1. The highest BCUT2D eigenvalue weighted by molar-refractivity contribution is 5.75. The number of amides is 1. The first-order chi connectivity index (χ1) is 6.25. The molecule has 0 fully saturated rings. The van der Waals surface area contributed by atoms with Crippen LogP contribution in [0.25, 0.3) is 0 Å². The molecule has 0 aliphatic heterocycles. The predicted molar refractivity (Wildman–Crippen MR) is 65.5 cm³/mol. The van der Waals surface area contributed by atoms with Crippen molar-refractivity contribution in [2.24, 2.45) is 17.6 Å². The maximum atomic E-state index is 10.3. The van der Waals surface area contributed by atoms with Gasteiger partial charge in [-0.3, -0.25) is 4.79 Å². The minimum Gasteiger partial charge on any atom is -0.370 e. The molecule has 2 N–H and O–H groups in total. The summed E-state index contributed by atoms with van der Waals surface area (Å²) in [4.78, 5) is 20.3. The van der Waals surface area contributed by atoms with Crippen LogP contribution in [0.15, 0.2) is 0 Å². The summed E-state index contributed by atoms with van der Waals surface area (Å²) < 4.78 is 0. The fourth-order valence-electron chi connectivity index (χ4n) is 0.977. The van der Waals surface area contributed by atoms with E-state index >= 15 is 0 Å². The Kier molecular flexibility index (Phi) is 14.7. The maximum absolute atomic E-state index is 10.3. The van der Waals surface area contributed by atoms with Gasteiger partial charge in [-0.15, -0.1) is 0 Å². The molecule has 1 amide bonds. The fourth-order valence-corrected chi connectivity index (χ4v) is 0.977. The van der Waals surface area contributed by atoms with Crippen LogP contribution in [0.1, 0.15) is 54.9 Å². The molecule has 3 nitrogen and oxygen atoms in total. The Balaban J connectivity index is -0.000000180. The van der Waals surface area contributed by atoms with E-state index in [2.05, 4.69) is 0 Å². The van der Waals surface area contributed by atoms with Gasteiger partial charge in [-0.05, 0) is 18.8 Å². The van der Waals surface area contributed by atoms with Crippen molar-refractivity contribution in [2.75, 3.05) is 0 Å². The first-order valence-corrected chi connectivity index (χ1v) is 5.03. The Hall–Kier alpha value is -0.860. The predicted octanol–water partition coefficient (Wildman–Crippen LogP) is 2.78. The van der Waals surface area contributed by atoms with Gasteiger partial charge in [0, 0.05) is 12.8 Å². The lowest BCUT2D eigenvalue weighted by Gasteiger charge is -1.95. The highest BCUT2D eigenvalue weighted by Gasteiger charge is 1.96. The second-order valence-corrected chi connectivity index (χ2v) is 4.36. The molecule has 0 bridgehead atoms. The Morgan fingerprint density at radius 2 is 1.33 bits per heavy atom. The van der Waals surface area contributed by atoms with Gasteiger partial charge < -0.3 is 10.5 Å². The Bertz CT molecular complexity index is 154. The Morgan fingerprint density at radius 3 is 1.33 bits per heavy atom. The zero-order valence-electron chi connectivity index (χ0n) is 9.96. The molecule has 0 atom stereocenters. The van der Waals surface area contributed by atoms with Crippen LogP contribution in [-0.4, -0.2) is 11.7 Å². The molecule has 0 saturated carbocycles. The van der Waals surface area contributed by atoms with Crippen molar-refractivity contribution in [1.29, 1.82) is 0 Å². The fraction of sp³-hybridized carbons (Fsp3) is 0.833. The van der Waals surface area contributed by atoms with E-state index < -0.39 is 0 Å². The first-order valence-electron chi connectivity index (χ1n) is 5.03. The summed E-state index contributed by atoms with van der Waals surface area (Å²) in [5, 5.41) is 0. The molecule has 0 aliphatic rings. The topological polar surface area (TPSA) is 60.2 Å². The van der Waals surface area contributed by atoms with Crippen molar-refractivity contribution in [3.05, 3.63) is 0 Å². The van der Waals surface area contributed by atoms with Gasteiger partial charge in [0.1, 0.15) is 5.78 Å². The van der Waals surface area contributed by atoms with Crippen molar-refractivity contribution in [3.8, 4) is 0 Å². The molecule has 0 unspecified atom stereocenters. The number of hydrogen-bond donors (Lipinski definition) is 1. The number of Topliss-reactive ketones (excluding diaryl/α,β-unsaturated/α-hetero) is 1. The van der Waals surface area contributed by atoms with Crippen molar-refractivity contribution in [2.45, 2.75) is 54.9 Å². The molecule has 0 heterocycles. The van der Waals surface area contributed by atoms with E-state index in [4.69, 9.17) is 5.73 Å². The molecule has 0 aliphatic carbocycles. The van der Waals surface area contributed by atoms with E-state index in [1.807, 2.05) is 27.7 Å². The zero-order chi connectivity index (χ0) is 11.7. The lowest BCUT2D eigenvalue weighted by molar-refractivity contribution is -0.119. The molecule has 0 saturated heterocycles. The molecule has 3 heteroatoms. The van der Waals surface area contributed by atoms with Crippen LogP contribution >= 0.6 is 0 Å². The molecular formula is C12H27NO2. The molecule has 0 aromatic carbocycles. The van der Waals surface area contributed by atoms with Crippen LogP contribution in [0.4, 0.5) is 0 Å². The van der Waals surface area contributed by atoms with Gasteiger partial charge in [0.25, 0.3) is 0 Å². The molecule has 0 aromatic rings. The van der Waals surface area contributed by atoms with Crippen LogP contribution in [0.5, 0.6) is 0 Å². The summed E-state index contributed by atoms with van der Waals surface area (Å²) >= 11 is 0. The average Bonchev–Trinajstić information content (AvgIpc) is 1.79. The van der Waals surface area contributed by atoms with Crippen molar-refractivity contribution < 1.29 is 9.59 Å². The molecule has 0 radical (unpaired) electrons. The first kappa shape index (κ1) is 19.7. The number of ketones is 1. The van der Waals surface area contributed by atoms with Crippen LogP contribution in [0.2, 0.25) is 0 Å². The number of carbonyl (C=O) groups is 2. The highest BCUT2D eigenvalue weighted by Crippen LogP contribution is 1.97. The lowest BCUT2D eigenvalue weighted by atomic mass is 10.1. The quantitative estimate of drug-likeness (QED) is 0.787. The van der Waals surface area contributed by atoms with Gasteiger partial charge in [0.2, 0.25) is 5.91 Å². The minimum absolute atomic E-state index is 0. The SMILES string of the molecule is C.CC(=O)CC(C)C.CC(C)CC(N)=O. The lowest BCUT2D eigenvalue weighted by Crippen LogP contribution is -2.12. The summed E-state index contributed by atoms with van der Waals surface area (Å²) in [5.41, 5.74) is 4.85. The number of carbonyl (C=O) groups excluding carboxylic acids is 2. The van der Waals surface area contributed by atoms with Crippen LogP contribution in [0.3, 0.4) is 0 Å². The number of rotatable bonds is 4. The summed E-state index contributed by atoms with van der Waals surface area (Å²) in [6, 6.07) is 0. The summed E-state index contributed by atoms with van der Waals surface area (Å²) in [7, 11) is 0. The number of nitrogens with two attached hydrogens (primary N) is 1. The number of primary amides is 1. The third kappa shape index (κ3) is 32.0. The van der Waals surface area contributed by atoms with Crippen LogP contribution in [-0.2, 0) is 9.59 Å². The summed E-state index contributed by atoms with van der Waals surface area (Å²) in [6.45, 7) is 9.64. The van der Waals surface area contributed by atoms with Crippen molar-refractivity contribution in [3.63, 3.8) is 0 Å². The van der Waals surface area contributed by atoms with Gasteiger partial charge in [-0.1, -0.05) is 35.1 Å². The smallest absolute Gasteiger partial charge is 0.217 e. The second kappa shape index (κ2) is 11.2. The van der Waals surface area contributed by atoms with Gasteiger partial charge >= 0.3 is 0 Å². The van der Waals surface area contributed by atoms with E-state index in [9.17, 15) is 9.59 Å². The van der Waals surface area contributed by atoms with E-state index in [0.29, 0.717) is 18.3 Å².